The monoisotopic (exact) mass is 673 g/mol. The molecule has 0 spiro atoms. The van der Waals surface area contributed by atoms with Crippen molar-refractivity contribution in [2.24, 2.45) is 0 Å². The first-order valence-electron chi connectivity index (χ1n) is 21.0. The second-order valence-corrected chi connectivity index (χ2v) is 14.2. The van der Waals surface area contributed by atoms with E-state index in [1.54, 1.807) is 0 Å². The first kappa shape index (κ1) is 46.2. The summed E-state index contributed by atoms with van der Waals surface area (Å²) >= 11 is 0. The van der Waals surface area contributed by atoms with Crippen LogP contribution in [0.4, 0.5) is 0 Å². The van der Waals surface area contributed by atoms with Crippen molar-refractivity contribution in [1.29, 1.82) is 0 Å². The maximum Gasteiger partial charge on any atom is 0.306 e. The summed E-state index contributed by atoms with van der Waals surface area (Å²) in [4.78, 5) is 23.3. The molecule has 4 heteroatoms. The normalized spacial score (nSPS) is 12.5. The van der Waals surface area contributed by atoms with Crippen LogP contribution in [0.3, 0.4) is 0 Å². The van der Waals surface area contributed by atoms with Gasteiger partial charge in [0.25, 0.3) is 0 Å². The quantitative estimate of drug-likeness (QED) is 0.0403. The third-order valence-electron chi connectivity index (χ3n) is 9.38. The van der Waals surface area contributed by atoms with Crippen LogP contribution in [-0.4, -0.2) is 23.1 Å². The summed E-state index contributed by atoms with van der Waals surface area (Å²) in [5, 5.41) is 8.70. The van der Waals surface area contributed by atoms with Gasteiger partial charge in [-0.05, 0) is 70.6 Å². The van der Waals surface area contributed by atoms with Crippen molar-refractivity contribution in [3.63, 3.8) is 0 Å². The van der Waals surface area contributed by atoms with Crippen LogP contribution in [0.2, 0.25) is 0 Å². The number of allylic oxidation sites excluding steroid dienone is 6. The second kappa shape index (κ2) is 39.6. The maximum absolute atomic E-state index is 12.7. The number of carboxylic acids is 1. The third kappa shape index (κ3) is 38.6. The summed E-state index contributed by atoms with van der Waals surface area (Å²) in [5.74, 6) is -0.635. The van der Waals surface area contributed by atoms with Crippen molar-refractivity contribution in [3.05, 3.63) is 36.5 Å². The maximum atomic E-state index is 12.7. The number of rotatable bonds is 38. The Hall–Kier alpha value is -1.84. The molecule has 0 saturated heterocycles. The fourth-order valence-corrected chi connectivity index (χ4v) is 6.32. The van der Waals surface area contributed by atoms with Gasteiger partial charge >= 0.3 is 11.9 Å². The Bertz CT molecular complexity index is 768. The molecule has 0 aromatic rings. The van der Waals surface area contributed by atoms with Crippen LogP contribution in [0, 0.1) is 0 Å². The molecule has 0 aliphatic heterocycles. The Balaban J connectivity index is 3.93. The molecule has 0 saturated carbocycles. The molecule has 48 heavy (non-hydrogen) atoms. The molecule has 1 N–H and O–H groups in total. The van der Waals surface area contributed by atoms with Crippen LogP contribution < -0.4 is 0 Å². The summed E-state index contributed by atoms with van der Waals surface area (Å²) in [6.45, 7) is 4.43. The lowest BCUT2D eigenvalue weighted by atomic mass is 10.0. The summed E-state index contributed by atoms with van der Waals surface area (Å²) in [6.07, 6.45) is 51.9. The highest BCUT2D eigenvalue weighted by molar-refractivity contribution is 5.69. The number of hydrogen-bond donors (Lipinski definition) is 1. The van der Waals surface area contributed by atoms with Crippen molar-refractivity contribution in [1.82, 2.24) is 0 Å². The van der Waals surface area contributed by atoms with E-state index in [0.29, 0.717) is 12.8 Å². The van der Waals surface area contributed by atoms with E-state index in [4.69, 9.17) is 9.84 Å². The van der Waals surface area contributed by atoms with Gasteiger partial charge in [-0.2, -0.15) is 0 Å². The van der Waals surface area contributed by atoms with E-state index in [2.05, 4.69) is 50.3 Å². The Morgan fingerprint density at radius 2 is 0.875 bits per heavy atom. The zero-order valence-electron chi connectivity index (χ0n) is 32.0. The Labute approximate surface area is 299 Å². The largest absolute Gasteiger partial charge is 0.481 e. The third-order valence-corrected chi connectivity index (χ3v) is 9.38. The number of hydrogen-bond acceptors (Lipinski definition) is 3. The molecule has 0 aromatic heterocycles. The molecule has 0 heterocycles. The van der Waals surface area contributed by atoms with Gasteiger partial charge in [-0.15, -0.1) is 0 Å². The van der Waals surface area contributed by atoms with Crippen LogP contribution >= 0.6 is 0 Å². The van der Waals surface area contributed by atoms with Crippen molar-refractivity contribution in [3.8, 4) is 0 Å². The molecule has 0 rings (SSSR count). The molecule has 4 nitrogen and oxygen atoms in total. The summed E-state index contributed by atoms with van der Waals surface area (Å²) in [6, 6.07) is 0. The number of aliphatic carboxylic acids is 1. The van der Waals surface area contributed by atoms with Crippen LogP contribution in [0.5, 0.6) is 0 Å². The zero-order valence-corrected chi connectivity index (χ0v) is 32.0. The second-order valence-electron chi connectivity index (χ2n) is 14.2. The van der Waals surface area contributed by atoms with E-state index >= 15 is 0 Å². The zero-order chi connectivity index (χ0) is 35.0. The highest BCUT2D eigenvalue weighted by Crippen LogP contribution is 2.19. The van der Waals surface area contributed by atoms with Gasteiger partial charge in [0.05, 0.1) is 0 Å². The highest BCUT2D eigenvalue weighted by atomic mass is 16.5. The van der Waals surface area contributed by atoms with Gasteiger partial charge in [0, 0.05) is 12.8 Å². The SMILES string of the molecule is CC/C=C\C/C=C\C/C=C\CCCCCCCCCC(=O)OC(CCCCCCCC)CCCCCCCCCCCCCCC(=O)O. The minimum atomic E-state index is -0.670. The lowest BCUT2D eigenvalue weighted by Gasteiger charge is -2.18. The van der Waals surface area contributed by atoms with Crippen LogP contribution in [-0.2, 0) is 14.3 Å². The van der Waals surface area contributed by atoms with Crippen molar-refractivity contribution >= 4 is 11.9 Å². The predicted molar refractivity (Wildman–Crippen MR) is 209 cm³/mol. The van der Waals surface area contributed by atoms with E-state index in [9.17, 15) is 9.59 Å². The summed E-state index contributed by atoms with van der Waals surface area (Å²) < 4.78 is 6.04. The summed E-state index contributed by atoms with van der Waals surface area (Å²) in [7, 11) is 0. The van der Waals surface area contributed by atoms with Crippen molar-refractivity contribution in [2.45, 2.75) is 232 Å². The average Bonchev–Trinajstić information content (AvgIpc) is 3.07. The molecule has 0 aromatic carbocycles. The van der Waals surface area contributed by atoms with Gasteiger partial charge in [-0.1, -0.05) is 179 Å². The molecule has 280 valence electrons. The number of carbonyl (C=O) groups excluding carboxylic acids is 1. The Morgan fingerprint density at radius 3 is 1.35 bits per heavy atom. The van der Waals surface area contributed by atoms with Crippen molar-refractivity contribution < 1.29 is 19.4 Å². The van der Waals surface area contributed by atoms with Gasteiger partial charge in [-0.25, -0.2) is 0 Å². The van der Waals surface area contributed by atoms with Crippen LogP contribution in [0.1, 0.15) is 226 Å². The fraction of sp³-hybridized carbons (Fsp3) is 0.818. The van der Waals surface area contributed by atoms with Crippen molar-refractivity contribution in [2.75, 3.05) is 0 Å². The molecule has 0 radical (unpaired) electrons. The molecule has 0 amide bonds. The number of ether oxygens (including phenoxy) is 1. The molecule has 0 aliphatic rings. The van der Waals surface area contributed by atoms with Gasteiger partial charge in [0.2, 0.25) is 0 Å². The van der Waals surface area contributed by atoms with Crippen LogP contribution in [0.15, 0.2) is 36.5 Å². The lowest BCUT2D eigenvalue weighted by molar-refractivity contribution is -0.150. The van der Waals surface area contributed by atoms with Gasteiger partial charge < -0.3 is 9.84 Å². The standard InChI is InChI=1S/C44H80O4/c1-3-5-7-9-11-12-13-14-15-16-17-18-23-26-29-33-37-41-44(47)48-42(38-34-30-10-8-6-4-2)39-35-31-27-24-21-19-20-22-25-28-32-36-40-43(45)46/h5,7,11-12,14-15,42H,3-4,6,8-10,13,16-41H2,1-2H3,(H,45,46)/b7-5-,12-11-,15-14-. The minimum absolute atomic E-state index is 0.0342. The van der Waals surface area contributed by atoms with E-state index in [1.807, 2.05) is 0 Å². The van der Waals surface area contributed by atoms with E-state index in [1.165, 1.54) is 141 Å². The van der Waals surface area contributed by atoms with Gasteiger partial charge in [0.15, 0.2) is 0 Å². The molecule has 1 unspecified atom stereocenters. The topological polar surface area (TPSA) is 63.6 Å². The Morgan fingerprint density at radius 1 is 0.479 bits per heavy atom. The first-order chi connectivity index (χ1) is 23.6. The van der Waals surface area contributed by atoms with Gasteiger partial charge in [-0.3, -0.25) is 9.59 Å². The smallest absolute Gasteiger partial charge is 0.306 e. The molecule has 0 aliphatic carbocycles. The number of esters is 1. The van der Waals surface area contributed by atoms with E-state index in [0.717, 1.165) is 57.8 Å². The highest BCUT2D eigenvalue weighted by Gasteiger charge is 2.14. The summed E-state index contributed by atoms with van der Waals surface area (Å²) in [5.41, 5.74) is 0. The minimum Gasteiger partial charge on any atom is -0.481 e. The number of carbonyl (C=O) groups is 2. The van der Waals surface area contributed by atoms with E-state index < -0.39 is 5.97 Å². The molecule has 1 atom stereocenters. The van der Waals surface area contributed by atoms with Gasteiger partial charge in [0.1, 0.15) is 6.10 Å². The predicted octanol–water partition coefficient (Wildman–Crippen LogP) is 14.6. The fourth-order valence-electron chi connectivity index (χ4n) is 6.32. The molecule has 0 fully saturated rings. The van der Waals surface area contributed by atoms with E-state index in [-0.39, 0.29) is 12.1 Å². The number of carboxylic acid groups (broad SMARTS) is 1. The first-order valence-corrected chi connectivity index (χ1v) is 21.0. The molecular formula is C44H80O4. The van der Waals surface area contributed by atoms with Crippen LogP contribution in [0.25, 0.3) is 0 Å². The molecular weight excluding hydrogens is 592 g/mol. The molecule has 0 bridgehead atoms. The number of unbranched alkanes of at least 4 members (excludes halogenated alkanes) is 23. The average molecular weight is 673 g/mol. The lowest BCUT2D eigenvalue weighted by Crippen LogP contribution is -2.18. The Kier molecular flexibility index (Phi) is 38.1.